The van der Waals surface area contributed by atoms with Crippen molar-refractivity contribution in [3.8, 4) is 11.5 Å². The topological polar surface area (TPSA) is 65.1 Å². The molecule has 2 aliphatic heterocycles. The lowest BCUT2D eigenvalue weighted by Crippen LogP contribution is -2.66. The Morgan fingerprint density at radius 1 is 1.26 bits per heavy atom. The van der Waals surface area contributed by atoms with Crippen molar-refractivity contribution in [1.29, 1.82) is 0 Å². The molecule has 1 aromatic rings. The summed E-state index contributed by atoms with van der Waals surface area (Å²) >= 11 is 0. The van der Waals surface area contributed by atoms with Gasteiger partial charge in [0.15, 0.2) is 17.6 Å². The summed E-state index contributed by atoms with van der Waals surface area (Å²) in [5.41, 5.74) is 2.11. The predicted octanol–water partition coefficient (Wildman–Crippen LogP) is 1.99. The molecule has 5 atom stereocenters. The third kappa shape index (κ3) is 2.01. The lowest BCUT2D eigenvalue weighted by atomic mass is 9.53. The van der Waals surface area contributed by atoms with Gasteiger partial charge in [-0.1, -0.05) is 12.1 Å². The zero-order chi connectivity index (χ0) is 18.9. The van der Waals surface area contributed by atoms with E-state index in [2.05, 4.69) is 12.1 Å². The van der Waals surface area contributed by atoms with Crippen molar-refractivity contribution < 1.29 is 23.8 Å². The van der Waals surface area contributed by atoms with Crippen molar-refractivity contribution in [2.75, 3.05) is 13.7 Å². The van der Waals surface area contributed by atoms with Gasteiger partial charge in [0.05, 0.1) is 12.5 Å². The standard InChI is InChI=1S/C21H23NO5/c1-11(23)22-9-8-21-14-5-7-17(26-12(2)24)20(21)27-19-16(25-3)6-4-13(18(19)21)10-15(14)22/h4-7,14-15,17,20H,8-10H2,1-3H3/t14?,15-,17?,20?,21+/m1/s1. The lowest BCUT2D eigenvalue weighted by molar-refractivity contribution is -0.153. The van der Waals surface area contributed by atoms with Crippen LogP contribution < -0.4 is 9.47 Å². The fourth-order valence-corrected chi connectivity index (χ4v) is 5.87. The molecule has 0 radical (unpaired) electrons. The summed E-state index contributed by atoms with van der Waals surface area (Å²) < 4.78 is 17.6. The molecule has 5 rings (SSSR count). The Kier molecular flexibility index (Phi) is 3.39. The minimum absolute atomic E-state index is 0.101. The number of nitrogens with zero attached hydrogens (tertiary/aromatic N) is 1. The first-order valence-electron chi connectivity index (χ1n) is 9.47. The third-order valence-electron chi connectivity index (χ3n) is 6.76. The maximum atomic E-state index is 12.3. The van der Waals surface area contributed by atoms with Crippen LogP contribution in [0.3, 0.4) is 0 Å². The van der Waals surface area contributed by atoms with Crippen molar-refractivity contribution in [2.24, 2.45) is 5.92 Å². The van der Waals surface area contributed by atoms with Crippen LogP contribution in [0.5, 0.6) is 11.5 Å². The Morgan fingerprint density at radius 2 is 2.07 bits per heavy atom. The van der Waals surface area contributed by atoms with E-state index < -0.39 is 6.10 Å². The van der Waals surface area contributed by atoms with Crippen LogP contribution in [-0.4, -0.2) is 48.7 Å². The van der Waals surface area contributed by atoms with E-state index in [0.29, 0.717) is 12.3 Å². The number of benzene rings is 1. The van der Waals surface area contributed by atoms with E-state index >= 15 is 0 Å². The van der Waals surface area contributed by atoms with E-state index in [-0.39, 0.29) is 35.4 Å². The summed E-state index contributed by atoms with van der Waals surface area (Å²) in [6.07, 6.45) is 4.94. The number of hydrogen-bond donors (Lipinski definition) is 0. The monoisotopic (exact) mass is 369 g/mol. The molecule has 1 aromatic carbocycles. The zero-order valence-corrected chi connectivity index (χ0v) is 15.7. The summed E-state index contributed by atoms with van der Waals surface area (Å²) in [5, 5.41) is 0. The highest BCUT2D eigenvalue weighted by Crippen LogP contribution is 2.62. The van der Waals surface area contributed by atoms with Crippen LogP contribution in [0.2, 0.25) is 0 Å². The van der Waals surface area contributed by atoms with Gasteiger partial charge < -0.3 is 19.1 Å². The van der Waals surface area contributed by atoms with E-state index in [1.165, 1.54) is 18.1 Å². The maximum Gasteiger partial charge on any atom is 0.303 e. The van der Waals surface area contributed by atoms with Crippen LogP contribution in [0.1, 0.15) is 31.4 Å². The number of piperidine rings is 1. The van der Waals surface area contributed by atoms with Gasteiger partial charge in [-0.3, -0.25) is 9.59 Å². The van der Waals surface area contributed by atoms with Gasteiger partial charge in [0, 0.05) is 37.9 Å². The number of ether oxygens (including phenoxy) is 3. The number of esters is 1. The number of hydrogen-bond acceptors (Lipinski definition) is 5. The SMILES string of the molecule is COc1ccc2c3c1OC1C(OC(C)=O)C=CC4[C@@H](C2)N(C(C)=O)CC[C@]314. The molecule has 6 nitrogen and oxygen atoms in total. The molecule has 1 fully saturated rings. The molecule has 1 amide bonds. The Balaban J connectivity index is 1.72. The number of rotatable bonds is 2. The Labute approximate surface area is 158 Å². The number of carbonyl (C=O) groups is 2. The van der Waals surface area contributed by atoms with Gasteiger partial charge in [0.2, 0.25) is 5.91 Å². The first-order chi connectivity index (χ1) is 13.0. The minimum atomic E-state index is -0.439. The van der Waals surface area contributed by atoms with E-state index in [9.17, 15) is 9.59 Å². The van der Waals surface area contributed by atoms with Crippen LogP contribution in [0.4, 0.5) is 0 Å². The molecule has 1 saturated heterocycles. The molecule has 6 heteroatoms. The number of amides is 1. The van der Waals surface area contributed by atoms with Crippen molar-refractivity contribution in [2.45, 2.75) is 50.4 Å². The summed E-state index contributed by atoms with van der Waals surface area (Å²) in [7, 11) is 1.64. The zero-order valence-electron chi connectivity index (χ0n) is 15.7. The third-order valence-corrected chi connectivity index (χ3v) is 6.76. The van der Waals surface area contributed by atoms with Gasteiger partial charge in [-0.05, 0) is 30.5 Å². The largest absolute Gasteiger partial charge is 0.493 e. The van der Waals surface area contributed by atoms with Gasteiger partial charge >= 0.3 is 5.97 Å². The van der Waals surface area contributed by atoms with Crippen molar-refractivity contribution in [3.05, 3.63) is 35.4 Å². The van der Waals surface area contributed by atoms with Crippen molar-refractivity contribution >= 4 is 11.9 Å². The Bertz CT molecular complexity index is 878. The number of methoxy groups -OCH3 is 1. The second-order valence-corrected chi connectivity index (χ2v) is 7.93. The van der Waals surface area contributed by atoms with Crippen LogP contribution in [-0.2, 0) is 26.2 Å². The van der Waals surface area contributed by atoms with Gasteiger partial charge in [0.1, 0.15) is 6.10 Å². The highest BCUT2D eigenvalue weighted by molar-refractivity contribution is 5.75. The molecule has 142 valence electrons. The first-order valence-corrected chi connectivity index (χ1v) is 9.47. The maximum absolute atomic E-state index is 12.3. The quantitative estimate of drug-likeness (QED) is 0.589. The molecule has 0 N–H and O–H groups in total. The van der Waals surface area contributed by atoms with Gasteiger partial charge in [0.25, 0.3) is 0 Å². The Hall–Kier alpha value is -2.50. The molecule has 2 bridgehead atoms. The first kappa shape index (κ1) is 16.7. The fourth-order valence-electron chi connectivity index (χ4n) is 5.87. The summed E-state index contributed by atoms with van der Waals surface area (Å²) in [5.74, 6) is 1.43. The highest BCUT2D eigenvalue weighted by atomic mass is 16.6. The van der Waals surface area contributed by atoms with Crippen LogP contribution in [0, 0.1) is 5.92 Å². The molecular formula is C21H23NO5. The smallest absolute Gasteiger partial charge is 0.303 e. The van der Waals surface area contributed by atoms with Gasteiger partial charge in [-0.15, -0.1) is 0 Å². The van der Waals surface area contributed by atoms with E-state index in [4.69, 9.17) is 14.2 Å². The Morgan fingerprint density at radius 3 is 2.78 bits per heavy atom. The average Bonchev–Trinajstić information content (AvgIpc) is 2.96. The van der Waals surface area contributed by atoms with Crippen molar-refractivity contribution in [3.63, 3.8) is 0 Å². The molecule has 3 unspecified atom stereocenters. The summed E-state index contributed by atoms with van der Waals surface area (Å²) in [6, 6.07) is 4.13. The van der Waals surface area contributed by atoms with Crippen LogP contribution in [0.25, 0.3) is 0 Å². The number of carbonyl (C=O) groups excluding carboxylic acids is 2. The lowest BCUT2D eigenvalue weighted by Gasteiger charge is -2.57. The molecule has 2 aliphatic carbocycles. The molecular weight excluding hydrogens is 346 g/mol. The van der Waals surface area contributed by atoms with Gasteiger partial charge in [-0.2, -0.15) is 0 Å². The molecule has 0 saturated carbocycles. The van der Waals surface area contributed by atoms with Gasteiger partial charge in [-0.25, -0.2) is 0 Å². The molecule has 2 heterocycles. The summed E-state index contributed by atoms with van der Waals surface area (Å²) in [4.78, 5) is 25.9. The van der Waals surface area contributed by atoms with Crippen LogP contribution in [0.15, 0.2) is 24.3 Å². The average molecular weight is 369 g/mol. The summed E-state index contributed by atoms with van der Waals surface area (Å²) in [6.45, 7) is 3.75. The normalized spacial score (nSPS) is 34.6. The molecule has 0 aromatic heterocycles. The van der Waals surface area contributed by atoms with E-state index in [0.717, 1.165) is 18.6 Å². The second kappa shape index (κ2) is 5.50. The second-order valence-electron chi connectivity index (χ2n) is 7.93. The minimum Gasteiger partial charge on any atom is -0.493 e. The molecule has 4 aliphatic rings. The van der Waals surface area contributed by atoms with E-state index in [1.807, 2.05) is 17.0 Å². The van der Waals surface area contributed by atoms with Crippen LogP contribution >= 0.6 is 0 Å². The predicted molar refractivity (Wildman–Crippen MR) is 96.8 cm³/mol. The highest BCUT2D eigenvalue weighted by Gasteiger charge is 2.65. The molecule has 27 heavy (non-hydrogen) atoms. The van der Waals surface area contributed by atoms with E-state index in [1.54, 1.807) is 14.0 Å². The fraction of sp³-hybridized carbons (Fsp3) is 0.524. The van der Waals surface area contributed by atoms with Crippen molar-refractivity contribution in [1.82, 2.24) is 4.90 Å². The number of likely N-dealkylation sites (tertiary alicyclic amines) is 1. The molecule has 1 spiro atoms.